The van der Waals surface area contributed by atoms with Gasteiger partial charge in [-0.05, 0) is 60.2 Å². The van der Waals surface area contributed by atoms with Crippen LogP contribution in [-0.2, 0) is 16.6 Å². The standard InChI is InChI=1S/C30H30N6O3/c1-5-27-31-16-14-25(35-27)23-7-6-15-32-28(23)39-22-11-8-20(9-12-22)33-29(38)34-21-10-13-24-26(17-21)36(19(2)37)18-30(24,3)4/h6-17H,5,18H2,1-4H3,(H2,33,34,38). The summed E-state index contributed by atoms with van der Waals surface area (Å²) in [6, 6.07) is 17.9. The Kier molecular flexibility index (Phi) is 6.98. The molecule has 0 saturated carbocycles. The van der Waals surface area contributed by atoms with Gasteiger partial charge < -0.3 is 20.3 Å². The van der Waals surface area contributed by atoms with Gasteiger partial charge in [-0.15, -0.1) is 0 Å². The molecule has 198 valence electrons. The Labute approximate surface area is 227 Å². The van der Waals surface area contributed by atoms with Crippen molar-refractivity contribution in [1.82, 2.24) is 15.0 Å². The summed E-state index contributed by atoms with van der Waals surface area (Å²) in [5, 5.41) is 5.69. The van der Waals surface area contributed by atoms with Crippen LogP contribution in [0.1, 0.15) is 39.1 Å². The van der Waals surface area contributed by atoms with E-state index in [1.807, 2.05) is 43.3 Å². The number of anilines is 3. The van der Waals surface area contributed by atoms with Gasteiger partial charge in [-0.1, -0.05) is 26.8 Å². The van der Waals surface area contributed by atoms with Crippen molar-refractivity contribution in [3.63, 3.8) is 0 Å². The molecule has 0 bridgehead atoms. The maximum absolute atomic E-state index is 12.7. The molecule has 9 nitrogen and oxygen atoms in total. The fourth-order valence-corrected chi connectivity index (χ4v) is 4.65. The molecule has 0 unspecified atom stereocenters. The first-order valence-corrected chi connectivity index (χ1v) is 12.8. The molecule has 0 spiro atoms. The Hall–Kier alpha value is -4.79. The molecule has 0 aliphatic carbocycles. The highest BCUT2D eigenvalue weighted by Crippen LogP contribution is 2.41. The van der Waals surface area contributed by atoms with E-state index in [-0.39, 0.29) is 11.3 Å². The molecule has 1 aliphatic rings. The Morgan fingerprint density at radius 3 is 2.46 bits per heavy atom. The maximum Gasteiger partial charge on any atom is 0.323 e. The van der Waals surface area contributed by atoms with Crippen molar-refractivity contribution in [3.05, 3.63) is 84.4 Å². The maximum atomic E-state index is 12.7. The summed E-state index contributed by atoms with van der Waals surface area (Å²) in [4.78, 5) is 39.8. The quantitative estimate of drug-likeness (QED) is 0.313. The minimum Gasteiger partial charge on any atom is -0.438 e. The number of pyridine rings is 1. The first-order valence-electron chi connectivity index (χ1n) is 12.8. The summed E-state index contributed by atoms with van der Waals surface area (Å²) in [6.45, 7) is 8.38. The van der Waals surface area contributed by atoms with Gasteiger partial charge in [0.05, 0.1) is 11.3 Å². The predicted octanol–water partition coefficient (Wildman–Crippen LogP) is 6.18. The largest absolute Gasteiger partial charge is 0.438 e. The summed E-state index contributed by atoms with van der Waals surface area (Å²) in [5.74, 6) is 1.72. The van der Waals surface area contributed by atoms with E-state index in [4.69, 9.17) is 4.74 Å². The average molecular weight is 523 g/mol. The first kappa shape index (κ1) is 25.8. The predicted molar refractivity (Wildman–Crippen MR) is 151 cm³/mol. The van der Waals surface area contributed by atoms with Gasteiger partial charge in [0.25, 0.3) is 0 Å². The van der Waals surface area contributed by atoms with Gasteiger partial charge in [0.2, 0.25) is 11.8 Å². The molecule has 3 heterocycles. The fourth-order valence-electron chi connectivity index (χ4n) is 4.65. The molecule has 5 rings (SSSR count). The molecular weight excluding hydrogens is 492 g/mol. The second-order valence-corrected chi connectivity index (χ2v) is 9.99. The van der Waals surface area contributed by atoms with Crippen LogP contribution >= 0.6 is 0 Å². The highest BCUT2D eigenvalue weighted by Gasteiger charge is 2.36. The van der Waals surface area contributed by atoms with Crippen LogP contribution < -0.4 is 20.3 Å². The number of nitrogens with zero attached hydrogens (tertiary/aromatic N) is 4. The third kappa shape index (κ3) is 5.57. The summed E-state index contributed by atoms with van der Waals surface area (Å²) in [6.07, 6.45) is 4.12. The van der Waals surface area contributed by atoms with Crippen LogP contribution in [0.25, 0.3) is 11.3 Å². The number of aryl methyl sites for hydroxylation is 1. The third-order valence-corrected chi connectivity index (χ3v) is 6.60. The molecule has 9 heteroatoms. The second-order valence-electron chi connectivity index (χ2n) is 9.99. The topological polar surface area (TPSA) is 109 Å². The number of ether oxygens (including phenoxy) is 1. The van der Waals surface area contributed by atoms with Crippen LogP contribution in [0.2, 0.25) is 0 Å². The van der Waals surface area contributed by atoms with Crippen molar-refractivity contribution in [2.24, 2.45) is 0 Å². The smallest absolute Gasteiger partial charge is 0.323 e. The molecule has 0 fully saturated rings. The van der Waals surface area contributed by atoms with E-state index >= 15 is 0 Å². The van der Waals surface area contributed by atoms with Gasteiger partial charge in [-0.2, -0.15) is 0 Å². The Morgan fingerprint density at radius 1 is 0.974 bits per heavy atom. The first-order chi connectivity index (χ1) is 18.7. The number of amides is 3. The molecule has 0 atom stereocenters. The van der Waals surface area contributed by atoms with Crippen molar-refractivity contribution in [2.45, 2.75) is 39.5 Å². The number of nitrogens with one attached hydrogen (secondary N) is 2. The molecule has 4 aromatic rings. The minimum atomic E-state index is -0.391. The van der Waals surface area contributed by atoms with Crippen LogP contribution in [0.3, 0.4) is 0 Å². The molecule has 0 radical (unpaired) electrons. The van der Waals surface area contributed by atoms with Crippen LogP contribution in [0.15, 0.2) is 73.1 Å². The van der Waals surface area contributed by atoms with Crippen molar-refractivity contribution >= 4 is 29.0 Å². The highest BCUT2D eigenvalue weighted by molar-refractivity contribution is 6.01. The number of carbonyl (C=O) groups is 2. The monoisotopic (exact) mass is 522 g/mol. The summed E-state index contributed by atoms with van der Waals surface area (Å²) in [7, 11) is 0. The van der Waals surface area contributed by atoms with Crippen molar-refractivity contribution < 1.29 is 14.3 Å². The summed E-state index contributed by atoms with van der Waals surface area (Å²) < 4.78 is 6.05. The molecule has 1 aliphatic heterocycles. The van der Waals surface area contributed by atoms with E-state index in [2.05, 4.69) is 39.4 Å². The van der Waals surface area contributed by atoms with E-state index in [1.54, 1.807) is 48.5 Å². The number of hydrogen-bond donors (Lipinski definition) is 2. The lowest BCUT2D eigenvalue weighted by Crippen LogP contribution is -2.32. The van der Waals surface area contributed by atoms with Gasteiger partial charge in [-0.3, -0.25) is 4.79 Å². The number of hydrogen-bond acceptors (Lipinski definition) is 6. The van der Waals surface area contributed by atoms with Gasteiger partial charge in [0.1, 0.15) is 11.6 Å². The van der Waals surface area contributed by atoms with E-state index < -0.39 is 6.03 Å². The van der Waals surface area contributed by atoms with Crippen molar-refractivity contribution in [1.29, 1.82) is 0 Å². The SMILES string of the molecule is CCc1nccc(-c2cccnc2Oc2ccc(NC(=O)Nc3ccc4c(c3)N(C(C)=O)CC4(C)C)cc2)n1. The highest BCUT2D eigenvalue weighted by atomic mass is 16.5. The fraction of sp³-hybridized carbons (Fsp3) is 0.233. The lowest BCUT2D eigenvalue weighted by atomic mass is 9.87. The Morgan fingerprint density at radius 2 is 1.72 bits per heavy atom. The zero-order valence-electron chi connectivity index (χ0n) is 22.4. The number of rotatable bonds is 6. The molecule has 39 heavy (non-hydrogen) atoms. The van der Waals surface area contributed by atoms with E-state index in [9.17, 15) is 9.59 Å². The second kappa shape index (κ2) is 10.5. The van der Waals surface area contributed by atoms with E-state index in [0.29, 0.717) is 29.5 Å². The third-order valence-electron chi connectivity index (χ3n) is 6.60. The normalized spacial score (nSPS) is 13.5. The molecule has 2 aromatic heterocycles. The Balaban J connectivity index is 1.25. The summed E-state index contributed by atoms with van der Waals surface area (Å²) in [5.41, 5.74) is 4.47. The zero-order valence-corrected chi connectivity index (χ0v) is 22.4. The lowest BCUT2D eigenvalue weighted by molar-refractivity contribution is -0.116. The number of carbonyl (C=O) groups excluding carboxylic acids is 2. The van der Waals surface area contributed by atoms with Crippen LogP contribution in [0, 0.1) is 0 Å². The van der Waals surface area contributed by atoms with Crippen LogP contribution in [0.5, 0.6) is 11.6 Å². The van der Waals surface area contributed by atoms with Crippen LogP contribution in [-0.4, -0.2) is 33.4 Å². The van der Waals surface area contributed by atoms with E-state index in [1.165, 1.54) is 0 Å². The van der Waals surface area contributed by atoms with Crippen LogP contribution in [0.4, 0.5) is 21.9 Å². The molecule has 2 aromatic carbocycles. The number of benzene rings is 2. The van der Waals surface area contributed by atoms with Gasteiger partial charge in [-0.25, -0.2) is 19.7 Å². The van der Waals surface area contributed by atoms with Gasteiger partial charge in [0, 0.05) is 54.8 Å². The van der Waals surface area contributed by atoms with E-state index in [0.717, 1.165) is 34.8 Å². The van der Waals surface area contributed by atoms with Crippen molar-refractivity contribution in [3.8, 4) is 22.9 Å². The van der Waals surface area contributed by atoms with Gasteiger partial charge in [0.15, 0.2) is 0 Å². The number of fused-ring (bicyclic) bond motifs is 1. The molecule has 2 N–H and O–H groups in total. The molecule has 0 saturated heterocycles. The average Bonchev–Trinajstić information content (AvgIpc) is 3.20. The van der Waals surface area contributed by atoms with Gasteiger partial charge >= 0.3 is 6.03 Å². The minimum absolute atomic E-state index is 0.0219. The zero-order chi connectivity index (χ0) is 27.6. The summed E-state index contributed by atoms with van der Waals surface area (Å²) >= 11 is 0. The Bertz CT molecular complexity index is 1530. The van der Waals surface area contributed by atoms with Crippen molar-refractivity contribution in [2.75, 3.05) is 22.1 Å². The molecular formula is C30H30N6O3. The number of urea groups is 1. The lowest BCUT2D eigenvalue weighted by Gasteiger charge is -2.19. The number of aromatic nitrogens is 3. The molecule has 3 amide bonds.